The average Bonchev–Trinajstić information content (AvgIpc) is 3.00. The molecule has 8 nitrogen and oxygen atoms in total. The second kappa shape index (κ2) is 9.86. The van der Waals surface area contributed by atoms with Gasteiger partial charge in [0.05, 0.1) is 23.5 Å². The number of carbonyl (C=O) groups is 2. The lowest BCUT2D eigenvalue weighted by Gasteiger charge is -2.17. The standard InChI is InChI=1S/C23H24N2O6S/c1-14(2)17-7-5-15(3)11-20(17)31-10-9-24-22(26)21(32-23(24)27)13-16-6-8-19(30-4)18(12-16)25(28)29/h5-8,11-14H,9-10H2,1-4H3/b21-13-. The van der Waals surface area contributed by atoms with Gasteiger partial charge in [-0.15, -0.1) is 0 Å². The fourth-order valence-electron chi connectivity index (χ4n) is 3.27. The summed E-state index contributed by atoms with van der Waals surface area (Å²) in [4.78, 5) is 37.1. The highest BCUT2D eigenvalue weighted by molar-refractivity contribution is 8.18. The highest BCUT2D eigenvalue weighted by Crippen LogP contribution is 2.34. The number of nitro groups is 1. The molecule has 0 saturated carbocycles. The van der Waals surface area contributed by atoms with Gasteiger partial charge in [0.25, 0.3) is 11.1 Å². The molecule has 0 aliphatic carbocycles. The van der Waals surface area contributed by atoms with E-state index in [1.807, 2.05) is 25.1 Å². The molecule has 0 atom stereocenters. The molecule has 32 heavy (non-hydrogen) atoms. The summed E-state index contributed by atoms with van der Waals surface area (Å²) in [6, 6.07) is 10.3. The maximum absolute atomic E-state index is 12.7. The van der Waals surface area contributed by atoms with Crippen molar-refractivity contribution < 1.29 is 24.0 Å². The minimum atomic E-state index is -0.560. The summed E-state index contributed by atoms with van der Waals surface area (Å²) in [5, 5.41) is 10.8. The Bertz CT molecular complexity index is 1100. The van der Waals surface area contributed by atoms with Crippen molar-refractivity contribution in [3.8, 4) is 11.5 Å². The van der Waals surface area contributed by atoms with Crippen molar-refractivity contribution in [2.75, 3.05) is 20.3 Å². The van der Waals surface area contributed by atoms with Crippen molar-refractivity contribution in [1.29, 1.82) is 0 Å². The van der Waals surface area contributed by atoms with Crippen molar-refractivity contribution >= 4 is 34.7 Å². The maximum Gasteiger partial charge on any atom is 0.311 e. The normalized spacial score (nSPS) is 15.0. The van der Waals surface area contributed by atoms with Crippen LogP contribution in [0, 0.1) is 17.0 Å². The van der Waals surface area contributed by atoms with Gasteiger partial charge in [-0.05, 0) is 59.5 Å². The topological polar surface area (TPSA) is 99.0 Å². The first-order valence-corrected chi connectivity index (χ1v) is 10.8. The SMILES string of the molecule is COc1ccc(/C=C2\SC(=O)N(CCOc3cc(C)ccc3C(C)C)C2=O)cc1[N+](=O)[O-]. The van der Waals surface area contributed by atoms with E-state index in [2.05, 4.69) is 13.8 Å². The van der Waals surface area contributed by atoms with Crippen LogP contribution in [0.25, 0.3) is 6.08 Å². The molecule has 9 heteroatoms. The first-order valence-electron chi connectivity index (χ1n) is 10.0. The Morgan fingerprint density at radius 3 is 2.56 bits per heavy atom. The molecule has 1 heterocycles. The molecule has 2 aromatic rings. The van der Waals surface area contributed by atoms with Gasteiger partial charge < -0.3 is 9.47 Å². The number of amides is 2. The second-order valence-electron chi connectivity index (χ2n) is 7.57. The van der Waals surface area contributed by atoms with Crippen LogP contribution >= 0.6 is 11.8 Å². The monoisotopic (exact) mass is 456 g/mol. The number of thioether (sulfide) groups is 1. The number of nitrogens with zero attached hydrogens (tertiary/aromatic N) is 2. The van der Waals surface area contributed by atoms with Crippen LogP contribution in [0.1, 0.15) is 36.5 Å². The van der Waals surface area contributed by atoms with Crippen molar-refractivity contribution in [3.05, 3.63) is 68.1 Å². The van der Waals surface area contributed by atoms with E-state index in [1.54, 1.807) is 6.07 Å². The van der Waals surface area contributed by atoms with E-state index >= 15 is 0 Å². The average molecular weight is 457 g/mol. The lowest BCUT2D eigenvalue weighted by atomic mass is 10.0. The first kappa shape index (κ1) is 23.3. The van der Waals surface area contributed by atoms with Gasteiger partial charge in [-0.3, -0.25) is 24.6 Å². The Morgan fingerprint density at radius 2 is 1.91 bits per heavy atom. The van der Waals surface area contributed by atoms with E-state index in [0.717, 1.165) is 33.5 Å². The lowest BCUT2D eigenvalue weighted by Crippen LogP contribution is -2.32. The largest absolute Gasteiger partial charge is 0.491 e. The van der Waals surface area contributed by atoms with Crippen LogP contribution in [0.5, 0.6) is 11.5 Å². The summed E-state index contributed by atoms with van der Waals surface area (Å²) in [5.74, 6) is 0.692. The van der Waals surface area contributed by atoms with Crippen molar-refractivity contribution in [3.63, 3.8) is 0 Å². The Hall–Kier alpha value is -3.33. The zero-order valence-electron chi connectivity index (χ0n) is 18.3. The van der Waals surface area contributed by atoms with Gasteiger partial charge in [0.2, 0.25) is 0 Å². The fourth-order valence-corrected chi connectivity index (χ4v) is 4.14. The number of hydrogen-bond donors (Lipinski definition) is 0. The van der Waals surface area contributed by atoms with Gasteiger partial charge in [0.1, 0.15) is 12.4 Å². The summed E-state index contributed by atoms with van der Waals surface area (Å²) in [5.41, 5.74) is 2.34. The molecule has 1 aliphatic heterocycles. The van der Waals surface area contributed by atoms with Crippen LogP contribution in [0.4, 0.5) is 10.5 Å². The molecule has 168 valence electrons. The Morgan fingerprint density at radius 1 is 1.16 bits per heavy atom. The molecule has 0 spiro atoms. The van der Waals surface area contributed by atoms with Crippen molar-refractivity contribution in [1.82, 2.24) is 4.90 Å². The van der Waals surface area contributed by atoms with Crippen LogP contribution in [0.2, 0.25) is 0 Å². The molecule has 2 aromatic carbocycles. The van der Waals surface area contributed by atoms with E-state index < -0.39 is 16.1 Å². The third-order valence-electron chi connectivity index (χ3n) is 4.93. The quantitative estimate of drug-likeness (QED) is 0.308. The number of ether oxygens (including phenoxy) is 2. The summed E-state index contributed by atoms with van der Waals surface area (Å²) in [6.45, 7) is 6.39. The number of methoxy groups -OCH3 is 1. The Kier molecular flexibility index (Phi) is 7.19. The molecule has 0 bridgehead atoms. The molecule has 0 unspecified atom stereocenters. The van der Waals surface area contributed by atoms with E-state index in [9.17, 15) is 19.7 Å². The highest BCUT2D eigenvalue weighted by atomic mass is 32.2. The molecule has 1 aliphatic rings. The van der Waals surface area contributed by atoms with Crippen LogP contribution in [0.15, 0.2) is 41.3 Å². The third kappa shape index (κ3) is 5.11. The van der Waals surface area contributed by atoms with Crippen molar-refractivity contribution in [2.24, 2.45) is 0 Å². The van der Waals surface area contributed by atoms with Gasteiger partial charge in [-0.1, -0.05) is 32.0 Å². The first-order chi connectivity index (χ1) is 15.2. The molecule has 0 radical (unpaired) electrons. The molecule has 1 saturated heterocycles. The molecule has 0 N–H and O–H groups in total. The minimum Gasteiger partial charge on any atom is -0.491 e. The zero-order chi connectivity index (χ0) is 23.4. The molecule has 3 rings (SSSR count). The van der Waals surface area contributed by atoms with E-state index in [4.69, 9.17) is 9.47 Å². The number of carbonyl (C=O) groups excluding carboxylic acids is 2. The molecular weight excluding hydrogens is 432 g/mol. The second-order valence-corrected chi connectivity index (χ2v) is 8.56. The summed E-state index contributed by atoms with van der Waals surface area (Å²) < 4.78 is 10.9. The molecule has 1 fully saturated rings. The van der Waals surface area contributed by atoms with Crippen LogP contribution < -0.4 is 9.47 Å². The predicted octanol–water partition coefficient (Wildman–Crippen LogP) is 5.15. The highest BCUT2D eigenvalue weighted by Gasteiger charge is 2.35. The van der Waals surface area contributed by atoms with E-state index in [-0.39, 0.29) is 35.4 Å². The fraction of sp³-hybridized carbons (Fsp3) is 0.304. The summed E-state index contributed by atoms with van der Waals surface area (Å²) >= 11 is 0.799. The number of benzene rings is 2. The number of imide groups is 1. The number of rotatable bonds is 8. The zero-order valence-corrected chi connectivity index (χ0v) is 19.1. The smallest absolute Gasteiger partial charge is 0.311 e. The van der Waals surface area contributed by atoms with Crippen LogP contribution in [0.3, 0.4) is 0 Å². The van der Waals surface area contributed by atoms with Gasteiger partial charge in [0, 0.05) is 6.07 Å². The number of hydrogen-bond acceptors (Lipinski definition) is 7. The molecular formula is C23H24N2O6S. The minimum absolute atomic E-state index is 0.107. The third-order valence-corrected chi connectivity index (χ3v) is 5.84. The Labute approximate surface area is 190 Å². The summed E-state index contributed by atoms with van der Waals surface area (Å²) in [7, 11) is 1.34. The molecule has 0 aromatic heterocycles. The van der Waals surface area contributed by atoms with Crippen LogP contribution in [-0.4, -0.2) is 41.2 Å². The lowest BCUT2D eigenvalue weighted by molar-refractivity contribution is -0.385. The predicted molar refractivity (Wildman–Crippen MR) is 123 cm³/mol. The van der Waals surface area contributed by atoms with E-state index in [1.165, 1.54) is 25.3 Å². The van der Waals surface area contributed by atoms with Gasteiger partial charge >= 0.3 is 5.69 Å². The van der Waals surface area contributed by atoms with Gasteiger partial charge in [-0.25, -0.2) is 0 Å². The van der Waals surface area contributed by atoms with Crippen molar-refractivity contribution in [2.45, 2.75) is 26.7 Å². The van der Waals surface area contributed by atoms with Crippen LogP contribution in [-0.2, 0) is 4.79 Å². The number of nitro benzene ring substituents is 1. The van der Waals surface area contributed by atoms with Gasteiger partial charge in [-0.2, -0.15) is 0 Å². The van der Waals surface area contributed by atoms with Gasteiger partial charge in [0.15, 0.2) is 5.75 Å². The number of aryl methyl sites for hydroxylation is 1. The Balaban J connectivity index is 1.71. The maximum atomic E-state index is 12.7. The van der Waals surface area contributed by atoms with E-state index in [0.29, 0.717) is 5.56 Å². The molecule has 2 amide bonds. The summed E-state index contributed by atoms with van der Waals surface area (Å²) in [6.07, 6.45) is 1.47.